The Morgan fingerprint density at radius 3 is 2.00 bits per heavy atom. The average Bonchev–Trinajstić information content (AvgIpc) is 2.56. The average molecular weight is 184 g/mol. The highest BCUT2D eigenvalue weighted by atomic mass is 15.5. The van der Waals surface area contributed by atoms with Crippen LogP contribution in [-0.2, 0) is 0 Å². The molecule has 0 unspecified atom stereocenters. The number of hydrazine groups is 1. The molecular weight excluding hydrogens is 160 g/mol. The van der Waals surface area contributed by atoms with Crippen molar-refractivity contribution in [1.29, 1.82) is 0 Å². The van der Waals surface area contributed by atoms with E-state index in [0.29, 0.717) is 12.0 Å². The maximum Gasteiger partial charge on any atom is 0.0391 e. The summed E-state index contributed by atoms with van der Waals surface area (Å²) in [6.07, 6.45) is 2.23. The Hall–Kier alpha value is -0.500. The standard InChI is InChI=1S/C9H18N2.C2H6/c1-7(2)9-5-10-11(6-9)8(3)4;1-2/h6-8,10H,5H2,1-4H3;1-2H3. The lowest BCUT2D eigenvalue weighted by Crippen LogP contribution is -2.34. The molecule has 1 heterocycles. The Kier molecular flexibility index (Phi) is 5.80. The first-order valence-electron chi connectivity index (χ1n) is 5.33. The Labute approximate surface area is 83.0 Å². The molecule has 2 heteroatoms. The van der Waals surface area contributed by atoms with Crippen LogP contribution in [0.5, 0.6) is 0 Å². The second-order valence-electron chi connectivity index (χ2n) is 3.69. The van der Waals surface area contributed by atoms with Gasteiger partial charge in [-0.3, -0.25) is 0 Å². The highest BCUT2D eigenvalue weighted by Crippen LogP contribution is 2.15. The fourth-order valence-corrected chi connectivity index (χ4v) is 1.14. The van der Waals surface area contributed by atoms with E-state index in [-0.39, 0.29) is 0 Å². The number of nitrogens with one attached hydrogen (secondary N) is 1. The van der Waals surface area contributed by atoms with Crippen LogP contribution in [0.25, 0.3) is 0 Å². The molecule has 1 aliphatic rings. The number of hydrogen-bond donors (Lipinski definition) is 1. The van der Waals surface area contributed by atoms with Crippen LogP contribution < -0.4 is 5.43 Å². The van der Waals surface area contributed by atoms with Crippen molar-refractivity contribution in [3.8, 4) is 0 Å². The summed E-state index contributed by atoms with van der Waals surface area (Å²) in [5.74, 6) is 0.672. The number of nitrogens with zero attached hydrogens (tertiary/aromatic N) is 1. The molecule has 2 nitrogen and oxygen atoms in total. The van der Waals surface area contributed by atoms with E-state index in [4.69, 9.17) is 0 Å². The molecule has 0 bridgehead atoms. The minimum absolute atomic E-state index is 0.561. The van der Waals surface area contributed by atoms with Crippen LogP contribution in [0.1, 0.15) is 41.5 Å². The Balaban J connectivity index is 0.000000671. The van der Waals surface area contributed by atoms with Crippen LogP contribution in [0.3, 0.4) is 0 Å². The molecular formula is C11H24N2. The van der Waals surface area contributed by atoms with Crippen molar-refractivity contribution in [2.75, 3.05) is 6.54 Å². The van der Waals surface area contributed by atoms with E-state index in [1.807, 2.05) is 13.8 Å². The van der Waals surface area contributed by atoms with Gasteiger partial charge >= 0.3 is 0 Å². The molecule has 1 aliphatic heterocycles. The summed E-state index contributed by atoms with van der Waals surface area (Å²) >= 11 is 0. The van der Waals surface area contributed by atoms with Gasteiger partial charge in [0.25, 0.3) is 0 Å². The fourth-order valence-electron chi connectivity index (χ4n) is 1.14. The molecule has 0 aliphatic carbocycles. The van der Waals surface area contributed by atoms with E-state index in [2.05, 4.69) is 44.3 Å². The van der Waals surface area contributed by atoms with Crippen molar-refractivity contribution >= 4 is 0 Å². The molecule has 1 rings (SSSR count). The minimum atomic E-state index is 0.561. The van der Waals surface area contributed by atoms with Crippen LogP contribution in [0, 0.1) is 5.92 Å². The van der Waals surface area contributed by atoms with Crippen molar-refractivity contribution in [1.82, 2.24) is 10.4 Å². The second-order valence-corrected chi connectivity index (χ2v) is 3.69. The van der Waals surface area contributed by atoms with Gasteiger partial charge in [-0.25, -0.2) is 5.43 Å². The molecule has 1 N–H and O–H groups in total. The van der Waals surface area contributed by atoms with Crippen molar-refractivity contribution in [3.05, 3.63) is 11.8 Å². The lowest BCUT2D eigenvalue weighted by atomic mass is 10.1. The highest BCUT2D eigenvalue weighted by Gasteiger charge is 2.15. The minimum Gasteiger partial charge on any atom is -0.313 e. The molecule has 0 amide bonds. The molecule has 0 saturated carbocycles. The molecule has 0 saturated heterocycles. The largest absolute Gasteiger partial charge is 0.313 e. The van der Waals surface area contributed by atoms with Crippen LogP contribution in [0.15, 0.2) is 11.8 Å². The summed E-state index contributed by atoms with van der Waals surface area (Å²) in [7, 11) is 0. The zero-order chi connectivity index (χ0) is 10.4. The zero-order valence-electron chi connectivity index (χ0n) is 9.89. The van der Waals surface area contributed by atoms with Gasteiger partial charge in [0.2, 0.25) is 0 Å². The maximum atomic E-state index is 3.33. The van der Waals surface area contributed by atoms with Gasteiger partial charge in [0, 0.05) is 18.8 Å². The molecule has 0 fully saturated rings. The van der Waals surface area contributed by atoms with Gasteiger partial charge in [-0.1, -0.05) is 27.7 Å². The summed E-state index contributed by atoms with van der Waals surface area (Å²) in [4.78, 5) is 0. The van der Waals surface area contributed by atoms with Crippen LogP contribution in [-0.4, -0.2) is 17.6 Å². The summed E-state index contributed by atoms with van der Waals surface area (Å²) in [5, 5.41) is 2.18. The van der Waals surface area contributed by atoms with E-state index in [1.165, 1.54) is 5.57 Å². The third kappa shape index (κ3) is 3.81. The molecule has 0 radical (unpaired) electrons. The zero-order valence-corrected chi connectivity index (χ0v) is 9.89. The lowest BCUT2D eigenvalue weighted by molar-refractivity contribution is 0.250. The normalized spacial score (nSPS) is 16.0. The quantitative estimate of drug-likeness (QED) is 0.710. The van der Waals surface area contributed by atoms with Gasteiger partial charge < -0.3 is 5.01 Å². The van der Waals surface area contributed by atoms with Gasteiger partial charge in [-0.15, -0.1) is 0 Å². The molecule has 0 aromatic rings. The Morgan fingerprint density at radius 1 is 1.23 bits per heavy atom. The Bertz CT molecular complexity index is 159. The smallest absolute Gasteiger partial charge is 0.0391 e. The van der Waals surface area contributed by atoms with Crippen LogP contribution >= 0.6 is 0 Å². The van der Waals surface area contributed by atoms with Gasteiger partial charge in [-0.2, -0.15) is 0 Å². The van der Waals surface area contributed by atoms with Gasteiger partial charge in [-0.05, 0) is 25.3 Å². The van der Waals surface area contributed by atoms with E-state index in [1.54, 1.807) is 0 Å². The second kappa shape index (κ2) is 6.03. The number of rotatable bonds is 2. The van der Waals surface area contributed by atoms with Gasteiger partial charge in [0.15, 0.2) is 0 Å². The first-order valence-corrected chi connectivity index (χ1v) is 5.33. The third-order valence-corrected chi connectivity index (χ3v) is 2.07. The molecule has 0 atom stereocenters. The summed E-state index contributed by atoms with van der Waals surface area (Å²) in [5.41, 5.74) is 4.83. The van der Waals surface area contributed by atoms with Crippen molar-refractivity contribution in [2.45, 2.75) is 47.6 Å². The van der Waals surface area contributed by atoms with E-state index >= 15 is 0 Å². The predicted molar refractivity (Wildman–Crippen MR) is 59.2 cm³/mol. The topological polar surface area (TPSA) is 15.3 Å². The van der Waals surface area contributed by atoms with E-state index < -0.39 is 0 Å². The monoisotopic (exact) mass is 184 g/mol. The Morgan fingerprint density at radius 2 is 1.77 bits per heavy atom. The molecule has 0 spiro atoms. The number of hydrogen-bond acceptors (Lipinski definition) is 2. The fraction of sp³-hybridized carbons (Fsp3) is 0.818. The van der Waals surface area contributed by atoms with Crippen LogP contribution in [0.4, 0.5) is 0 Å². The third-order valence-electron chi connectivity index (χ3n) is 2.07. The summed E-state index contributed by atoms with van der Waals surface area (Å²) in [6, 6.07) is 0.561. The predicted octanol–water partition coefficient (Wildman–Crippen LogP) is 2.78. The van der Waals surface area contributed by atoms with E-state index in [9.17, 15) is 0 Å². The maximum absolute atomic E-state index is 3.33. The molecule has 0 aromatic carbocycles. The van der Waals surface area contributed by atoms with Gasteiger partial charge in [0.05, 0.1) is 0 Å². The van der Waals surface area contributed by atoms with Crippen molar-refractivity contribution < 1.29 is 0 Å². The van der Waals surface area contributed by atoms with Crippen LogP contribution in [0.2, 0.25) is 0 Å². The highest BCUT2D eigenvalue weighted by molar-refractivity contribution is 5.10. The summed E-state index contributed by atoms with van der Waals surface area (Å²) in [6.45, 7) is 13.9. The summed E-state index contributed by atoms with van der Waals surface area (Å²) < 4.78 is 0. The molecule has 78 valence electrons. The molecule has 0 aromatic heterocycles. The first kappa shape index (κ1) is 12.5. The first-order chi connectivity index (χ1) is 6.11. The van der Waals surface area contributed by atoms with Crippen molar-refractivity contribution in [2.24, 2.45) is 5.92 Å². The SMILES string of the molecule is CC.CC(C)C1=CN(C(C)C)NC1. The van der Waals surface area contributed by atoms with Gasteiger partial charge in [0.1, 0.15) is 0 Å². The lowest BCUT2D eigenvalue weighted by Gasteiger charge is -2.19. The van der Waals surface area contributed by atoms with E-state index in [0.717, 1.165) is 6.54 Å². The van der Waals surface area contributed by atoms with Crippen molar-refractivity contribution in [3.63, 3.8) is 0 Å². The molecule has 13 heavy (non-hydrogen) atoms.